The third kappa shape index (κ3) is 4.06. The molecule has 0 radical (unpaired) electrons. The predicted octanol–water partition coefficient (Wildman–Crippen LogP) is 3.70. The third-order valence-electron chi connectivity index (χ3n) is 6.61. The maximum atomic E-state index is 12.9. The van der Waals surface area contributed by atoms with Crippen molar-refractivity contribution in [3.05, 3.63) is 29.8 Å². The molecule has 4 heteroatoms. The molecule has 0 N–H and O–H groups in total. The summed E-state index contributed by atoms with van der Waals surface area (Å²) in [5.41, 5.74) is 1.33. The number of methoxy groups -OCH3 is 1. The zero-order chi connectivity index (χ0) is 17.9. The Balaban J connectivity index is 1.38. The van der Waals surface area contributed by atoms with E-state index in [4.69, 9.17) is 4.74 Å². The lowest BCUT2D eigenvalue weighted by Gasteiger charge is -2.37. The van der Waals surface area contributed by atoms with E-state index in [1.54, 1.807) is 7.11 Å². The van der Waals surface area contributed by atoms with Gasteiger partial charge < -0.3 is 9.64 Å². The fourth-order valence-corrected chi connectivity index (χ4v) is 5.18. The number of amides is 1. The van der Waals surface area contributed by atoms with Crippen molar-refractivity contribution in [2.75, 3.05) is 26.7 Å². The Morgan fingerprint density at radius 1 is 1.04 bits per heavy atom. The van der Waals surface area contributed by atoms with Gasteiger partial charge in [-0.05, 0) is 55.2 Å². The molecule has 5 rings (SSSR count). The minimum Gasteiger partial charge on any atom is -0.497 e. The molecule has 0 aromatic heterocycles. The molecular weight excluding hydrogens is 324 g/mol. The summed E-state index contributed by atoms with van der Waals surface area (Å²) >= 11 is 0. The molecule has 1 aliphatic carbocycles. The van der Waals surface area contributed by atoms with E-state index in [0.29, 0.717) is 23.8 Å². The van der Waals surface area contributed by atoms with E-state index in [-0.39, 0.29) is 0 Å². The first-order valence-corrected chi connectivity index (χ1v) is 10.4. The van der Waals surface area contributed by atoms with Crippen molar-refractivity contribution in [1.82, 2.24) is 9.80 Å². The highest BCUT2D eigenvalue weighted by atomic mass is 16.5. The third-order valence-corrected chi connectivity index (χ3v) is 6.61. The van der Waals surface area contributed by atoms with Crippen molar-refractivity contribution in [2.45, 2.75) is 57.5 Å². The summed E-state index contributed by atoms with van der Waals surface area (Å²) in [4.78, 5) is 17.7. The van der Waals surface area contributed by atoms with Gasteiger partial charge in [-0.25, -0.2) is 0 Å². The van der Waals surface area contributed by atoms with E-state index in [9.17, 15) is 4.79 Å². The Morgan fingerprint density at radius 2 is 1.81 bits per heavy atom. The number of hydrogen-bond donors (Lipinski definition) is 0. The summed E-state index contributed by atoms with van der Waals surface area (Å²) in [5.74, 6) is 2.63. The van der Waals surface area contributed by atoms with Gasteiger partial charge in [-0.15, -0.1) is 0 Å². The van der Waals surface area contributed by atoms with Crippen molar-refractivity contribution < 1.29 is 9.53 Å². The van der Waals surface area contributed by atoms with Gasteiger partial charge in [-0.2, -0.15) is 0 Å². The molecule has 2 atom stereocenters. The largest absolute Gasteiger partial charge is 0.497 e. The lowest BCUT2D eigenvalue weighted by Crippen LogP contribution is -2.47. The summed E-state index contributed by atoms with van der Waals surface area (Å²) < 4.78 is 5.26. The second-order valence-electron chi connectivity index (χ2n) is 8.54. The van der Waals surface area contributed by atoms with Crippen LogP contribution in [0.3, 0.4) is 0 Å². The normalized spacial score (nSPS) is 26.9. The van der Waals surface area contributed by atoms with Crippen molar-refractivity contribution >= 4 is 5.91 Å². The first kappa shape index (κ1) is 17.8. The number of piperidine rings is 1. The van der Waals surface area contributed by atoms with Crippen LogP contribution in [-0.4, -0.2) is 48.5 Å². The maximum absolute atomic E-state index is 12.9. The molecule has 0 spiro atoms. The summed E-state index contributed by atoms with van der Waals surface area (Å²) in [6.07, 6.45) is 8.41. The molecule has 1 aromatic rings. The van der Waals surface area contributed by atoms with Gasteiger partial charge in [0.1, 0.15) is 5.75 Å². The first-order valence-electron chi connectivity index (χ1n) is 10.4. The van der Waals surface area contributed by atoms with Gasteiger partial charge in [0.15, 0.2) is 0 Å². The lowest BCUT2D eigenvalue weighted by molar-refractivity contribution is -0.136. The summed E-state index contributed by atoms with van der Waals surface area (Å²) in [6, 6.07) is 8.82. The number of carbonyl (C=O) groups is 1. The second kappa shape index (κ2) is 7.99. The monoisotopic (exact) mass is 356 g/mol. The number of hydrogen-bond acceptors (Lipinski definition) is 3. The molecule has 2 bridgehead atoms. The highest BCUT2D eigenvalue weighted by molar-refractivity contribution is 5.77. The van der Waals surface area contributed by atoms with Crippen LogP contribution in [0.15, 0.2) is 24.3 Å². The molecule has 0 unspecified atom stereocenters. The molecule has 3 aliphatic heterocycles. The van der Waals surface area contributed by atoms with Gasteiger partial charge in [0.05, 0.1) is 7.11 Å². The number of ether oxygens (including phenoxy) is 1. The van der Waals surface area contributed by atoms with E-state index in [0.717, 1.165) is 38.3 Å². The summed E-state index contributed by atoms with van der Waals surface area (Å²) in [7, 11) is 1.71. The number of fused-ring (bicyclic) bond motifs is 4. The van der Waals surface area contributed by atoms with Crippen LogP contribution in [0.25, 0.3) is 0 Å². The molecule has 3 heterocycles. The Morgan fingerprint density at radius 3 is 2.54 bits per heavy atom. The van der Waals surface area contributed by atoms with Gasteiger partial charge in [0, 0.05) is 38.6 Å². The van der Waals surface area contributed by atoms with Crippen molar-refractivity contribution in [3.8, 4) is 5.75 Å². The van der Waals surface area contributed by atoms with Gasteiger partial charge in [0.2, 0.25) is 5.91 Å². The Labute approximate surface area is 157 Å². The van der Waals surface area contributed by atoms with E-state index in [2.05, 4.69) is 21.9 Å². The van der Waals surface area contributed by atoms with Gasteiger partial charge in [-0.3, -0.25) is 9.69 Å². The Bertz CT molecular complexity index is 609. The first-order chi connectivity index (χ1) is 12.7. The quantitative estimate of drug-likeness (QED) is 0.806. The highest BCUT2D eigenvalue weighted by Gasteiger charge is 2.37. The van der Waals surface area contributed by atoms with E-state index >= 15 is 0 Å². The zero-order valence-electron chi connectivity index (χ0n) is 16.0. The van der Waals surface area contributed by atoms with Crippen LogP contribution in [0.2, 0.25) is 0 Å². The molecule has 3 saturated heterocycles. The Kier molecular flexibility index (Phi) is 5.49. The van der Waals surface area contributed by atoms with Crippen molar-refractivity contribution in [1.29, 1.82) is 0 Å². The van der Waals surface area contributed by atoms with Crippen molar-refractivity contribution in [2.24, 2.45) is 11.8 Å². The fraction of sp³-hybridized carbons (Fsp3) is 0.682. The van der Waals surface area contributed by atoms with Crippen molar-refractivity contribution in [3.63, 3.8) is 0 Å². The Hall–Kier alpha value is -1.55. The minimum absolute atomic E-state index is 0.418. The van der Waals surface area contributed by atoms with Gasteiger partial charge >= 0.3 is 0 Å². The highest BCUT2D eigenvalue weighted by Crippen LogP contribution is 2.32. The molecule has 1 saturated carbocycles. The molecule has 4 aliphatic rings. The summed E-state index contributed by atoms with van der Waals surface area (Å²) in [6.45, 7) is 4.10. The van der Waals surface area contributed by atoms with Crippen LogP contribution in [0.1, 0.15) is 50.5 Å². The SMILES string of the molecule is COc1ccc(CN2C[C@@H]3CC[C@H](C2)N(C(=O)CC2CCCC2)C3)cc1. The molecule has 142 valence electrons. The van der Waals surface area contributed by atoms with Crippen LogP contribution in [0, 0.1) is 11.8 Å². The van der Waals surface area contributed by atoms with Crippen LogP contribution >= 0.6 is 0 Å². The number of nitrogens with zero attached hydrogens (tertiary/aromatic N) is 2. The summed E-state index contributed by atoms with van der Waals surface area (Å²) in [5, 5.41) is 0. The fourth-order valence-electron chi connectivity index (χ4n) is 5.18. The molecule has 1 amide bonds. The van der Waals surface area contributed by atoms with Crippen LogP contribution in [0.5, 0.6) is 5.75 Å². The molecular formula is C22H32N2O2. The van der Waals surface area contributed by atoms with Crippen LogP contribution < -0.4 is 4.74 Å². The predicted molar refractivity (Wildman–Crippen MR) is 103 cm³/mol. The number of carbonyl (C=O) groups excluding carboxylic acids is 1. The molecule has 1 aromatic carbocycles. The van der Waals surface area contributed by atoms with E-state index < -0.39 is 0 Å². The van der Waals surface area contributed by atoms with Crippen LogP contribution in [-0.2, 0) is 11.3 Å². The maximum Gasteiger partial charge on any atom is 0.223 e. The van der Waals surface area contributed by atoms with E-state index in [1.807, 2.05) is 12.1 Å². The smallest absolute Gasteiger partial charge is 0.223 e. The standard InChI is InChI=1S/C22H32N2O2/c1-26-21-10-7-18(8-11-21)13-23-14-19-6-9-20(16-23)24(15-19)22(25)12-17-4-2-3-5-17/h7-8,10-11,17,19-20H,2-6,9,12-16H2,1H3/t19-,20+/m0/s1. The van der Waals surface area contributed by atoms with Gasteiger partial charge in [0.25, 0.3) is 0 Å². The van der Waals surface area contributed by atoms with Crippen LogP contribution in [0.4, 0.5) is 0 Å². The second-order valence-corrected chi connectivity index (χ2v) is 8.54. The zero-order valence-corrected chi connectivity index (χ0v) is 16.0. The average Bonchev–Trinajstić information content (AvgIpc) is 3.01. The number of benzene rings is 1. The number of rotatable bonds is 5. The average molecular weight is 357 g/mol. The molecule has 26 heavy (non-hydrogen) atoms. The van der Waals surface area contributed by atoms with E-state index in [1.165, 1.54) is 44.1 Å². The molecule has 4 fully saturated rings. The van der Waals surface area contributed by atoms with Gasteiger partial charge in [-0.1, -0.05) is 25.0 Å². The lowest BCUT2D eigenvalue weighted by atomic mass is 9.93. The molecule has 4 nitrogen and oxygen atoms in total. The minimum atomic E-state index is 0.418. The topological polar surface area (TPSA) is 32.8 Å².